The van der Waals surface area contributed by atoms with Gasteiger partial charge >= 0.3 is 0 Å². The van der Waals surface area contributed by atoms with Crippen LogP contribution in [-0.4, -0.2) is 56.9 Å². The summed E-state index contributed by atoms with van der Waals surface area (Å²) in [6.07, 6.45) is 2.68. The van der Waals surface area contributed by atoms with Crippen LogP contribution in [0.15, 0.2) is 22.6 Å². The molecule has 1 fully saturated rings. The summed E-state index contributed by atoms with van der Waals surface area (Å²) >= 11 is 0. The lowest BCUT2D eigenvalue weighted by Crippen LogP contribution is -2.33. The van der Waals surface area contributed by atoms with Crippen LogP contribution in [0.25, 0.3) is 11.1 Å². The summed E-state index contributed by atoms with van der Waals surface area (Å²) < 4.78 is 13.0. The molecule has 8 heteroatoms. The van der Waals surface area contributed by atoms with Crippen molar-refractivity contribution >= 4 is 17.0 Å². The predicted octanol–water partition coefficient (Wildman–Crippen LogP) is 2.32. The average Bonchev–Trinajstić information content (AvgIpc) is 3.24. The number of carbonyl (C=O) groups excluding carboxylic acids is 1. The number of oxazole rings is 1. The Balaban J connectivity index is 1.30. The molecule has 4 heterocycles. The maximum absolute atomic E-state index is 13.0. The van der Waals surface area contributed by atoms with Crippen LogP contribution in [0.3, 0.4) is 0 Å². The van der Waals surface area contributed by atoms with Crippen molar-refractivity contribution in [2.45, 2.75) is 38.6 Å². The zero-order valence-electron chi connectivity index (χ0n) is 15.9. The molecule has 8 nitrogen and oxygen atoms in total. The summed E-state index contributed by atoms with van der Waals surface area (Å²) in [5.74, 6) is 2.91. The first-order chi connectivity index (χ1) is 13.7. The van der Waals surface area contributed by atoms with E-state index < -0.39 is 0 Å². The van der Waals surface area contributed by atoms with Gasteiger partial charge in [-0.25, -0.2) is 14.6 Å². The third kappa shape index (κ3) is 3.17. The molecule has 1 saturated heterocycles. The Bertz CT molecular complexity index is 993. The Morgan fingerprint density at radius 1 is 1.14 bits per heavy atom. The minimum Gasteiger partial charge on any atom is -0.441 e. The van der Waals surface area contributed by atoms with Crippen LogP contribution in [0.4, 0.5) is 0 Å². The first kappa shape index (κ1) is 17.4. The number of hydrogen-bond donors (Lipinski definition) is 0. The van der Waals surface area contributed by atoms with Gasteiger partial charge in [0.05, 0.1) is 6.54 Å². The zero-order chi connectivity index (χ0) is 19.1. The maximum atomic E-state index is 13.0. The lowest BCUT2D eigenvalue weighted by molar-refractivity contribution is 0.0756. The first-order valence-electron chi connectivity index (χ1n) is 9.85. The number of aromatic nitrogens is 4. The molecule has 146 valence electrons. The summed E-state index contributed by atoms with van der Waals surface area (Å²) in [5, 5.41) is 4.73. The number of nitrogens with zero attached hydrogens (tertiary/aromatic N) is 5. The van der Waals surface area contributed by atoms with E-state index in [0.717, 1.165) is 43.2 Å². The number of aryl methyl sites for hydroxylation is 1. The molecule has 5 rings (SSSR count). The summed E-state index contributed by atoms with van der Waals surface area (Å²) in [7, 11) is 0. The van der Waals surface area contributed by atoms with Gasteiger partial charge in [-0.3, -0.25) is 4.79 Å². The van der Waals surface area contributed by atoms with Gasteiger partial charge in [0.25, 0.3) is 5.91 Å². The van der Waals surface area contributed by atoms with E-state index in [1.54, 1.807) is 13.0 Å². The molecular weight excluding hydrogens is 358 g/mol. The van der Waals surface area contributed by atoms with E-state index in [1.165, 1.54) is 0 Å². The number of rotatable bonds is 2. The van der Waals surface area contributed by atoms with Crippen molar-refractivity contribution in [2.75, 3.05) is 26.3 Å². The topological polar surface area (TPSA) is 86.3 Å². The summed E-state index contributed by atoms with van der Waals surface area (Å²) in [5.41, 5.74) is 2.04. The van der Waals surface area contributed by atoms with Crippen molar-refractivity contribution in [1.29, 1.82) is 0 Å². The summed E-state index contributed by atoms with van der Waals surface area (Å²) in [4.78, 5) is 23.9. The fourth-order valence-corrected chi connectivity index (χ4v) is 4.01. The molecule has 0 atom stereocenters. The van der Waals surface area contributed by atoms with Gasteiger partial charge < -0.3 is 14.1 Å². The van der Waals surface area contributed by atoms with Gasteiger partial charge in [0, 0.05) is 51.1 Å². The SMILES string of the molecule is Cc1nc2ccc(C(=O)N3CCc4nc(C5CCOCC5)nn4CC3)cc2o1. The Labute approximate surface area is 162 Å². The molecule has 1 aromatic carbocycles. The molecule has 0 aliphatic carbocycles. The molecule has 2 aliphatic heterocycles. The molecule has 0 spiro atoms. The average molecular weight is 381 g/mol. The van der Waals surface area contributed by atoms with E-state index in [-0.39, 0.29) is 5.91 Å². The maximum Gasteiger partial charge on any atom is 0.254 e. The van der Waals surface area contributed by atoms with Gasteiger partial charge in [-0.05, 0) is 31.0 Å². The third-order valence-corrected chi connectivity index (χ3v) is 5.57. The lowest BCUT2D eigenvalue weighted by Gasteiger charge is -2.20. The van der Waals surface area contributed by atoms with Crippen molar-refractivity contribution < 1.29 is 13.9 Å². The second-order valence-electron chi connectivity index (χ2n) is 7.45. The van der Waals surface area contributed by atoms with Gasteiger partial charge in [-0.1, -0.05) is 0 Å². The zero-order valence-corrected chi connectivity index (χ0v) is 15.9. The molecule has 28 heavy (non-hydrogen) atoms. The molecule has 1 amide bonds. The van der Waals surface area contributed by atoms with Crippen LogP contribution in [0.5, 0.6) is 0 Å². The highest BCUT2D eigenvalue weighted by Crippen LogP contribution is 2.25. The van der Waals surface area contributed by atoms with Gasteiger partial charge in [0.2, 0.25) is 0 Å². The lowest BCUT2D eigenvalue weighted by atomic mass is 10.00. The van der Waals surface area contributed by atoms with Gasteiger partial charge in [0.1, 0.15) is 11.3 Å². The minimum absolute atomic E-state index is 0.00589. The summed E-state index contributed by atoms with van der Waals surface area (Å²) in [6.45, 7) is 5.30. The molecule has 0 bridgehead atoms. The Morgan fingerprint density at radius 3 is 2.86 bits per heavy atom. The highest BCUT2D eigenvalue weighted by Gasteiger charge is 2.25. The van der Waals surface area contributed by atoms with Crippen molar-refractivity contribution in [3.63, 3.8) is 0 Å². The van der Waals surface area contributed by atoms with Crippen molar-refractivity contribution in [3.8, 4) is 0 Å². The van der Waals surface area contributed by atoms with Crippen LogP contribution in [0, 0.1) is 6.92 Å². The van der Waals surface area contributed by atoms with Crippen LogP contribution in [-0.2, 0) is 17.7 Å². The molecule has 0 unspecified atom stereocenters. The van der Waals surface area contributed by atoms with Crippen molar-refractivity contribution in [2.24, 2.45) is 0 Å². The molecule has 0 saturated carbocycles. The Kier molecular flexibility index (Phi) is 4.35. The minimum atomic E-state index is 0.00589. The Hall–Kier alpha value is -2.74. The number of hydrogen-bond acceptors (Lipinski definition) is 6. The first-order valence-corrected chi connectivity index (χ1v) is 9.85. The number of amides is 1. The second-order valence-corrected chi connectivity index (χ2v) is 7.45. The quantitative estimate of drug-likeness (QED) is 0.677. The molecular formula is C20H23N5O3. The van der Waals surface area contributed by atoms with Gasteiger partial charge in [-0.2, -0.15) is 5.10 Å². The van der Waals surface area contributed by atoms with Crippen molar-refractivity contribution in [1.82, 2.24) is 24.6 Å². The third-order valence-electron chi connectivity index (χ3n) is 5.57. The van der Waals surface area contributed by atoms with E-state index in [2.05, 4.69) is 4.98 Å². The van der Waals surface area contributed by atoms with E-state index in [4.69, 9.17) is 19.2 Å². The van der Waals surface area contributed by atoms with Crippen LogP contribution >= 0.6 is 0 Å². The number of benzene rings is 1. The standard InChI is InChI=1S/C20H23N5O3/c1-13-21-16-3-2-15(12-17(16)28-13)20(26)24-7-4-18-22-19(23-25(18)9-8-24)14-5-10-27-11-6-14/h2-3,12,14H,4-11H2,1H3. The normalized spacial score (nSPS) is 18.2. The molecule has 3 aromatic rings. The van der Waals surface area contributed by atoms with E-state index in [9.17, 15) is 4.79 Å². The van der Waals surface area contributed by atoms with E-state index in [0.29, 0.717) is 49.0 Å². The van der Waals surface area contributed by atoms with Crippen LogP contribution < -0.4 is 0 Å². The monoisotopic (exact) mass is 381 g/mol. The fourth-order valence-electron chi connectivity index (χ4n) is 4.01. The molecule has 2 aliphatic rings. The highest BCUT2D eigenvalue weighted by molar-refractivity contribution is 5.97. The second kappa shape index (κ2) is 7.01. The number of ether oxygens (including phenoxy) is 1. The van der Waals surface area contributed by atoms with E-state index in [1.807, 2.05) is 21.7 Å². The van der Waals surface area contributed by atoms with Crippen LogP contribution in [0.2, 0.25) is 0 Å². The van der Waals surface area contributed by atoms with E-state index >= 15 is 0 Å². The Morgan fingerprint density at radius 2 is 2.00 bits per heavy atom. The van der Waals surface area contributed by atoms with Crippen molar-refractivity contribution in [3.05, 3.63) is 41.3 Å². The fraction of sp³-hybridized carbons (Fsp3) is 0.500. The summed E-state index contributed by atoms with van der Waals surface area (Å²) in [6, 6.07) is 5.43. The highest BCUT2D eigenvalue weighted by atomic mass is 16.5. The molecule has 2 aromatic heterocycles. The largest absolute Gasteiger partial charge is 0.441 e. The number of carbonyl (C=O) groups is 1. The van der Waals surface area contributed by atoms with Gasteiger partial charge in [-0.15, -0.1) is 0 Å². The van der Waals surface area contributed by atoms with Gasteiger partial charge in [0.15, 0.2) is 17.3 Å². The number of fused-ring (bicyclic) bond motifs is 2. The molecule has 0 N–H and O–H groups in total. The predicted molar refractivity (Wildman–Crippen MR) is 101 cm³/mol. The molecule has 0 radical (unpaired) electrons. The smallest absolute Gasteiger partial charge is 0.254 e. The van der Waals surface area contributed by atoms with Crippen LogP contribution in [0.1, 0.15) is 46.7 Å².